The molecule has 2 aliphatic carbocycles. The molecule has 0 bridgehead atoms. The molecule has 0 radical (unpaired) electrons. The van der Waals surface area contributed by atoms with Crippen LogP contribution in [0.2, 0.25) is 0 Å². The van der Waals surface area contributed by atoms with Gasteiger partial charge in [0.2, 0.25) is 0 Å². The molecule has 0 aromatic heterocycles. The van der Waals surface area contributed by atoms with Gasteiger partial charge in [-0.25, -0.2) is 8.78 Å². The molecule has 0 aliphatic heterocycles. The smallest absolute Gasteiger partial charge is 0.251 e. The van der Waals surface area contributed by atoms with Crippen LogP contribution in [0.4, 0.5) is 8.78 Å². The van der Waals surface area contributed by atoms with Crippen LogP contribution in [0.15, 0.2) is 89.3 Å². The minimum Gasteiger partial charge on any atom is -0.448 e. The molecule has 3 N–H and O–H groups in total. The number of carbonyl (C=O) groups is 1. The highest BCUT2D eigenvalue weighted by molar-refractivity contribution is 5.96. The summed E-state index contributed by atoms with van der Waals surface area (Å²) in [5.41, 5.74) is 3.92. The van der Waals surface area contributed by atoms with Crippen molar-refractivity contribution < 1.29 is 18.3 Å². The van der Waals surface area contributed by atoms with Crippen molar-refractivity contribution in [1.82, 2.24) is 10.6 Å². The zero-order valence-electron chi connectivity index (χ0n) is 23.3. The Hall–Kier alpha value is -3.58. The summed E-state index contributed by atoms with van der Waals surface area (Å²) in [5, 5.41) is 14.2. The first kappa shape index (κ1) is 31.6. The second-order valence-electron chi connectivity index (χ2n) is 9.39. The third-order valence-electron chi connectivity index (χ3n) is 5.92. The summed E-state index contributed by atoms with van der Waals surface area (Å²) in [4.78, 5) is 12.5. The van der Waals surface area contributed by atoms with E-state index in [0.717, 1.165) is 44.8 Å². The predicted molar refractivity (Wildman–Crippen MR) is 155 cm³/mol. The monoisotopic (exact) mass is 537 g/mol. The number of amides is 1. The molecular formula is C32H41F2N3O2. The van der Waals surface area contributed by atoms with E-state index in [1.54, 1.807) is 19.1 Å². The molecule has 0 unspecified atom stereocenters. The fourth-order valence-electron chi connectivity index (χ4n) is 3.83. The van der Waals surface area contributed by atoms with Gasteiger partial charge in [0.25, 0.3) is 5.91 Å². The van der Waals surface area contributed by atoms with Crippen molar-refractivity contribution >= 4 is 11.8 Å². The van der Waals surface area contributed by atoms with E-state index in [0.29, 0.717) is 36.3 Å². The number of hydrogen-bond donors (Lipinski definition) is 3. The second-order valence-corrected chi connectivity index (χ2v) is 9.39. The summed E-state index contributed by atoms with van der Waals surface area (Å²) >= 11 is 0. The van der Waals surface area contributed by atoms with E-state index in [2.05, 4.69) is 41.9 Å². The average molecular weight is 538 g/mol. The minimum absolute atomic E-state index is 0.114. The molecule has 2 aliphatic rings. The van der Waals surface area contributed by atoms with Crippen molar-refractivity contribution in [1.29, 1.82) is 5.41 Å². The summed E-state index contributed by atoms with van der Waals surface area (Å²) in [6.07, 6.45) is 21.1. The fraction of sp³-hybridized carbons (Fsp3) is 0.375. The van der Waals surface area contributed by atoms with Crippen molar-refractivity contribution in [2.45, 2.75) is 59.3 Å². The van der Waals surface area contributed by atoms with Crippen molar-refractivity contribution in [3.05, 3.63) is 106 Å². The lowest BCUT2D eigenvalue weighted by molar-refractivity contribution is -0.117. The first-order valence-corrected chi connectivity index (χ1v) is 13.6. The summed E-state index contributed by atoms with van der Waals surface area (Å²) in [6.45, 7) is 8.14. The zero-order chi connectivity index (χ0) is 28.5. The van der Waals surface area contributed by atoms with Gasteiger partial charge in [0.1, 0.15) is 17.4 Å². The number of aryl methyl sites for hydroxylation is 1. The van der Waals surface area contributed by atoms with Gasteiger partial charge in [0.15, 0.2) is 5.90 Å². The number of nitrogens with one attached hydrogen (secondary N) is 3. The molecular weight excluding hydrogens is 496 g/mol. The van der Waals surface area contributed by atoms with Crippen molar-refractivity contribution in [2.24, 2.45) is 0 Å². The van der Waals surface area contributed by atoms with Crippen LogP contribution in [0.25, 0.3) is 0 Å². The van der Waals surface area contributed by atoms with E-state index in [1.165, 1.54) is 23.3 Å². The highest BCUT2D eigenvalue weighted by Gasteiger charge is 2.11. The third-order valence-corrected chi connectivity index (χ3v) is 5.92. The van der Waals surface area contributed by atoms with Crippen LogP contribution in [-0.4, -0.2) is 31.4 Å². The number of ether oxygens (including phenoxy) is 1. The van der Waals surface area contributed by atoms with E-state index in [-0.39, 0.29) is 11.8 Å². The number of rotatable bonds is 11. The molecule has 0 fully saturated rings. The van der Waals surface area contributed by atoms with Crippen LogP contribution in [-0.2, 0) is 9.53 Å². The van der Waals surface area contributed by atoms with E-state index in [1.807, 2.05) is 19.1 Å². The average Bonchev–Trinajstić information content (AvgIpc) is 3.26. The minimum atomic E-state index is -0.521. The molecule has 0 atom stereocenters. The predicted octanol–water partition coefficient (Wildman–Crippen LogP) is 7.14. The number of allylic oxidation sites excluding steroid dienone is 7. The third kappa shape index (κ3) is 13.2. The number of carbonyl (C=O) groups excluding carboxylic acids is 1. The lowest BCUT2D eigenvalue weighted by Crippen LogP contribution is -2.28. The summed E-state index contributed by atoms with van der Waals surface area (Å²) in [6, 6.07) is 3.42. The van der Waals surface area contributed by atoms with Gasteiger partial charge in [-0.1, -0.05) is 55.9 Å². The van der Waals surface area contributed by atoms with Crippen LogP contribution < -0.4 is 10.6 Å². The van der Waals surface area contributed by atoms with Crippen LogP contribution >= 0.6 is 0 Å². The maximum atomic E-state index is 12.5. The van der Waals surface area contributed by atoms with Crippen LogP contribution in [0.1, 0.15) is 57.9 Å². The fourth-order valence-corrected chi connectivity index (χ4v) is 3.83. The summed E-state index contributed by atoms with van der Waals surface area (Å²) in [5.74, 6) is -0.279. The van der Waals surface area contributed by atoms with E-state index < -0.39 is 11.6 Å². The number of hydrogen-bond acceptors (Lipinski definition) is 4. The number of benzene rings is 1. The molecule has 39 heavy (non-hydrogen) atoms. The lowest BCUT2D eigenvalue weighted by atomic mass is 10.1. The van der Waals surface area contributed by atoms with E-state index in [4.69, 9.17) is 10.1 Å². The molecule has 210 valence electrons. The Morgan fingerprint density at radius 2 is 1.82 bits per heavy atom. The Bertz CT molecular complexity index is 1110. The maximum Gasteiger partial charge on any atom is 0.251 e. The molecule has 0 spiro atoms. The summed E-state index contributed by atoms with van der Waals surface area (Å²) in [7, 11) is 0. The highest BCUT2D eigenvalue weighted by Crippen LogP contribution is 2.16. The SMILES string of the molecule is CCCC(=N)OC1=CC(C(=O)NCCCNCC2=CCC(CC)=CC=C2)=CC=CC1.Cc1cc(F)cc(F)c1. The molecule has 0 saturated carbocycles. The van der Waals surface area contributed by atoms with Crippen LogP contribution in [0.5, 0.6) is 0 Å². The Morgan fingerprint density at radius 1 is 1.05 bits per heavy atom. The second kappa shape index (κ2) is 17.8. The van der Waals surface area contributed by atoms with Gasteiger partial charge in [-0.05, 0) is 74.6 Å². The highest BCUT2D eigenvalue weighted by atomic mass is 19.1. The van der Waals surface area contributed by atoms with E-state index >= 15 is 0 Å². The molecule has 1 amide bonds. The zero-order valence-corrected chi connectivity index (χ0v) is 23.3. The topological polar surface area (TPSA) is 74.2 Å². The largest absolute Gasteiger partial charge is 0.448 e. The quantitative estimate of drug-likeness (QED) is 0.160. The molecule has 0 saturated heterocycles. The van der Waals surface area contributed by atoms with Gasteiger partial charge >= 0.3 is 0 Å². The van der Waals surface area contributed by atoms with Gasteiger partial charge in [0.05, 0.1) is 0 Å². The Kier molecular flexibility index (Phi) is 14.5. The standard InChI is InChI=1S/C25H35N3O2.C7H6F2/c1-3-9-24(26)30-23-13-6-5-12-22(18-23)25(29)28-17-8-16-27-19-21-11-7-10-20(4-2)14-15-21;1-5-2-6(8)4-7(9)3-5/h5-7,10-12,15,18,26-27H,3-4,8-9,13-14,16-17,19H2,1-2H3,(H,28,29);2-4H,1H3. The first-order chi connectivity index (χ1) is 18.8. The van der Waals surface area contributed by atoms with Crippen LogP contribution in [0, 0.1) is 24.0 Å². The van der Waals surface area contributed by atoms with Gasteiger partial charge in [0, 0.05) is 37.6 Å². The molecule has 7 heteroatoms. The molecule has 3 rings (SSSR count). The van der Waals surface area contributed by atoms with Crippen molar-refractivity contribution in [3.63, 3.8) is 0 Å². The molecule has 5 nitrogen and oxygen atoms in total. The number of halogens is 2. The van der Waals surface area contributed by atoms with Gasteiger partial charge in [-0.3, -0.25) is 10.2 Å². The van der Waals surface area contributed by atoms with Crippen molar-refractivity contribution in [3.8, 4) is 0 Å². The summed E-state index contributed by atoms with van der Waals surface area (Å²) < 4.78 is 30.0. The van der Waals surface area contributed by atoms with Crippen molar-refractivity contribution in [2.75, 3.05) is 19.6 Å². The van der Waals surface area contributed by atoms with Gasteiger partial charge in [-0.2, -0.15) is 0 Å². The van der Waals surface area contributed by atoms with E-state index in [9.17, 15) is 13.6 Å². The van der Waals surface area contributed by atoms with Gasteiger partial charge < -0.3 is 15.4 Å². The van der Waals surface area contributed by atoms with Crippen LogP contribution in [0.3, 0.4) is 0 Å². The molecule has 1 aromatic rings. The molecule has 0 heterocycles. The van der Waals surface area contributed by atoms with Gasteiger partial charge in [-0.15, -0.1) is 0 Å². The maximum absolute atomic E-state index is 12.5. The normalized spacial score (nSPS) is 14.5. The Morgan fingerprint density at radius 3 is 2.51 bits per heavy atom. The Balaban J connectivity index is 0.000000499. The Labute approximate surface area is 231 Å². The lowest BCUT2D eigenvalue weighted by Gasteiger charge is -2.10. The first-order valence-electron chi connectivity index (χ1n) is 13.6. The molecule has 1 aromatic carbocycles.